The summed E-state index contributed by atoms with van der Waals surface area (Å²) >= 11 is 0. The number of rotatable bonds is 2. The summed E-state index contributed by atoms with van der Waals surface area (Å²) in [7, 11) is -0.217. The second-order valence-corrected chi connectivity index (χ2v) is 5.63. The van der Waals surface area contributed by atoms with Crippen LogP contribution in [0, 0.1) is 5.92 Å². The van der Waals surface area contributed by atoms with E-state index in [-0.39, 0.29) is 18.3 Å². The molecule has 2 fully saturated rings. The maximum atomic E-state index is 5.87. The van der Waals surface area contributed by atoms with Gasteiger partial charge in [0.1, 0.15) is 0 Å². The zero-order chi connectivity index (χ0) is 11.8. The van der Waals surface area contributed by atoms with Crippen LogP contribution in [0.4, 0.5) is 0 Å². The van der Waals surface area contributed by atoms with E-state index in [4.69, 9.17) is 14.0 Å². The van der Waals surface area contributed by atoms with Gasteiger partial charge in [0.15, 0.2) is 0 Å². The van der Waals surface area contributed by atoms with Gasteiger partial charge < -0.3 is 14.0 Å². The Kier molecular flexibility index (Phi) is 3.17. The van der Waals surface area contributed by atoms with Crippen molar-refractivity contribution in [2.45, 2.75) is 45.3 Å². The third-order valence-electron chi connectivity index (χ3n) is 3.78. The van der Waals surface area contributed by atoms with Gasteiger partial charge in [-0.3, -0.25) is 0 Å². The van der Waals surface area contributed by atoms with Crippen LogP contribution in [0.15, 0.2) is 12.1 Å². The fourth-order valence-corrected chi connectivity index (χ4v) is 1.92. The van der Waals surface area contributed by atoms with Crippen LogP contribution in [-0.4, -0.2) is 31.5 Å². The Balaban J connectivity index is 1.93. The van der Waals surface area contributed by atoms with Crippen LogP contribution in [0.5, 0.6) is 0 Å². The smallest absolute Gasteiger partial charge is 0.400 e. The van der Waals surface area contributed by atoms with E-state index < -0.39 is 0 Å². The molecule has 90 valence electrons. The van der Waals surface area contributed by atoms with Gasteiger partial charge >= 0.3 is 7.12 Å². The Bertz CT molecular complexity index is 264. The minimum Gasteiger partial charge on any atom is -0.400 e. The second kappa shape index (κ2) is 4.17. The Labute approximate surface area is 98.3 Å². The highest BCUT2D eigenvalue weighted by molar-refractivity contribution is 6.51. The van der Waals surface area contributed by atoms with Crippen molar-refractivity contribution in [2.75, 3.05) is 13.2 Å². The van der Waals surface area contributed by atoms with Gasteiger partial charge in [-0.2, -0.15) is 0 Å². The predicted octanol–water partition coefficient (Wildman–Crippen LogP) is 2.21. The van der Waals surface area contributed by atoms with E-state index in [2.05, 4.69) is 33.8 Å². The van der Waals surface area contributed by atoms with Crippen LogP contribution in [0.2, 0.25) is 0 Å². The van der Waals surface area contributed by atoms with E-state index in [1.807, 2.05) is 5.98 Å². The first-order valence-corrected chi connectivity index (χ1v) is 6.02. The van der Waals surface area contributed by atoms with Crippen molar-refractivity contribution in [1.82, 2.24) is 0 Å². The molecule has 2 saturated heterocycles. The van der Waals surface area contributed by atoms with Crippen LogP contribution in [0.1, 0.15) is 34.1 Å². The first-order chi connectivity index (χ1) is 7.41. The fraction of sp³-hybridized carbons (Fsp3) is 0.833. The average Bonchev–Trinajstić information content (AvgIpc) is 2.70. The summed E-state index contributed by atoms with van der Waals surface area (Å²) in [4.78, 5) is 0. The summed E-state index contributed by atoms with van der Waals surface area (Å²) in [6.45, 7) is 9.98. The summed E-state index contributed by atoms with van der Waals surface area (Å²) in [6.07, 6.45) is 3.27. The van der Waals surface area contributed by atoms with E-state index >= 15 is 0 Å². The van der Waals surface area contributed by atoms with E-state index in [1.54, 1.807) is 0 Å². The molecule has 0 bridgehead atoms. The molecule has 2 heterocycles. The van der Waals surface area contributed by atoms with Crippen molar-refractivity contribution in [3.05, 3.63) is 12.1 Å². The molecule has 0 aromatic rings. The molecule has 0 aliphatic carbocycles. The lowest BCUT2D eigenvalue weighted by Gasteiger charge is -2.32. The van der Waals surface area contributed by atoms with Gasteiger partial charge in [0.25, 0.3) is 0 Å². The second-order valence-electron chi connectivity index (χ2n) is 5.63. The van der Waals surface area contributed by atoms with Crippen LogP contribution < -0.4 is 0 Å². The average molecular weight is 224 g/mol. The van der Waals surface area contributed by atoms with Crippen molar-refractivity contribution < 1.29 is 14.0 Å². The van der Waals surface area contributed by atoms with Crippen molar-refractivity contribution in [2.24, 2.45) is 5.92 Å². The lowest BCUT2D eigenvalue weighted by Crippen LogP contribution is -2.41. The zero-order valence-corrected chi connectivity index (χ0v) is 10.7. The lowest BCUT2D eigenvalue weighted by atomic mass is 9.88. The normalized spacial score (nSPS) is 32.8. The zero-order valence-electron chi connectivity index (χ0n) is 10.7. The summed E-state index contributed by atoms with van der Waals surface area (Å²) in [6, 6.07) is 0. The van der Waals surface area contributed by atoms with Gasteiger partial charge in [-0.1, -0.05) is 12.1 Å². The van der Waals surface area contributed by atoms with Gasteiger partial charge in [-0.05, 0) is 34.1 Å². The van der Waals surface area contributed by atoms with Crippen LogP contribution in [-0.2, 0) is 14.0 Å². The molecule has 0 amide bonds. The molecule has 0 aromatic heterocycles. The molecule has 2 aliphatic rings. The van der Waals surface area contributed by atoms with Crippen LogP contribution in [0.3, 0.4) is 0 Å². The first kappa shape index (κ1) is 12.2. The third kappa shape index (κ3) is 2.34. The van der Waals surface area contributed by atoms with Crippen molar-refractivity contribution in [3.8, 4) is 0 Å². The van der Waals surface area contributed by atoms with Crippen LogP contribution in [0.25, 0.3) is 0 Å². The molecular formula is C12H21BO3. The summed E-state index contributed by atoms with van der Waals surface area (Å²) in [5.41, 5.74) is -0.484. The molecule has 0 spiro atoms. The number of ether oxygens (including phenoxy) is 1. The fourth-order valence-electron chi connectivity index (χ4n) is 1.92. The SMILES string of the molecule is CC1(C)OB(/C=C/C2CCOC2)OC1(C)C. The molecule has 0 aromatic carbocycles. The first-order valence-electron chi connectivity index (χ1n) is 6.02. The highest BCUT2D eigenvalue weighted by Crippen LogP contribution is 2.37. The van der Waals surface area contributed by atoms with Gasteiger partial charge in [-0.15, -0.1) is 0 Å². The molecular weight excluding hydrogens is 203 g/mol. The number of hydrogen-bond donors (Lipinski definition) is 0. The Morgan fingerprint density at radius 2 is 1.75 bits per heavy atom. The molecule has 3 nitrogen and oxygen atoms in total. The Hall–Kier alpha value is -0.315. The molecule has 0 radical (unpaired) electrons. The van der Waals surface area contributed by atoms with Gasteiger partial charge in [0.2, 0.25) is 0 Å². The summed E-state index contributed by atoms with van der Waals surface area (Å²) in [5, 5.41) is 0. The van der Waals surface area contributed by atoms with Crippen LogP contribution >= 0.6 is 0 Å². The molecule has 4 heteroatoms. The summed E-state index contributed by atoms with van der Waals surface area (Å²) in [5.74, 6) is 2.55. The maximum absolute atomic E-state index is 5.87. The standard InChI is InChI=1S/C12H21BO3/c1-11(2)12(3,4)16-13(15-11)7-5-10-6-8-14-9-10/h5,7,10H,6,8-9H2,1-4H3/b7-5+. The summed E-state index contributed by atoms with van der Waals surface area (Å²) < 4.78 is 17.1. The molecule has 0 N–H and O–H groups in total. The van der Waals surface area contributed by atoms with E-state index in [0.717, 1.165) is 19.6 Å². The van der Waals surface area contributed by atoms with Crippen molar-refractivity contribution >= 4 is 7.12 Å². The lowest BCUT2D eigenvalue weighted by molar-refractivity contribution is 0.00578. The quantitative estimate of drug-likeness (QED) is 0.673. The molecule has 0 saturated carbocycles. The van der Waals surface area contributed by atoms with Gasteiger partial charge in [0, 0.05) is 12.5 Å². The maximum Gasteiger partial charge on any atom is 0.486 e. The molecule has 1 atom stereocenters. The monoisotopic (exact) mass is 224 g/mol. The topological polar surface area (TPSA) is 27.7 Å². The largest absolute Gasteiger partial charge is 0.486 e. The molecule has 1 unspecified atom stereocenters. The highest BCUT2D eigenvalue weighted by Gasteiger charge is 2.50. The predicted molar refractivity (Wildman–Crippen MR) is 64.1 cm³/mol. The minimum atomic E-state index is -0.242. The van der Waals surface area contributed by atoms with Crippen molar-refractivity contribution in [3.63, 3.8) is 0 Å². The molecule has 2 rings (SSSR count). The van der Waals surface area contributed by atoms with Crippen molar-refractivity contribution in [1.29, 1.82) is 0 Å². The van der Waals surface area contributed by atoms with E-state index in [9.17, 15) is 0 Å². The van der Waals surface area contributed by atoms with Gasteiger partial charge in [0.05, 0.1) is 17.8 Å². The highest BCUT2D eigenvalue weighted by atomic mass is 16.7. The van der Waals surface area contributed by atoms with E-state index in [1.165, 1.54) is 0 Å². The molecule has 2 aliphatic heterocycles. The third-order valence-corrected chi connectivity index (χ3v) is 3.78. The number of hydrogen-bond acceptors (Lipinski definition) is 3. The Morgan fingerprint density at radius 1 is 1.12 bits per heavy atom. The van der Waals surface area contributed by atoms with E-state index in [0.29, 0.717) is 5.92 Å². The minimum absolute atomic E-state index is 0.217. The molecule has 16 heavy (non-hydrogen) atoms. The van der Waals surface area contributed by atoms with Gasteiger partial charge in [-0.25, -0.2) is 0 Å². The Morgan fingerprint density at radius 3 is 2.25 bits per heavy atom.